The largest absolute Gasteiger partial charge is 0.468 e. The van der Waals surface area contributed by atoms with Crippen molar-refractivity contribution in [1.29, 1.82) is 0 Å². The van der Waals surface area contributed by atoms with Crippen molar-refractivity contribution in [2.75, 3.05) is 13.4 Å². The summed E-state index contributed by atoms with van der Waals surface area (Å²) in [7, 11) is 1.59. The van der Waals surface area contributed by atoms with Crippen molar-refractivity contribution in [3.8, 4) is 0 Å². The van der Waals surface area contributed by atoms with Crippen molar-refractivity contribution in [2.45, 2.75) is 42.5 Å². The number of thioether (sulfide) groups is 1. The van der Waals surface area contributed by atoms with Crippen molar-refractivity contribution in [1.82, 2.24) is 0 Å². The summed E-state index contributed by atoms with van der Waals surface area (Å²) in [4.78, 5) is 13.7. The summed E-state index contributed by atoms with van der Waals surface area (Å²) in [6, 6.07) is 0. The predicted molar refractivity (Wildman–Crippen MR) is 97.1 cm³/mol. The number of hydrogen-bond acceptors (Lipinski definition) is 4. The van der Waals surface area contributed by atoms with E-state index in [1.54, 1.807) is 7.11 Å². The van der Waals surface area contributed by atoms with Crippen molar-refractivity contribution < 1.29 is 14.6 Å². The van der Waals surface area contributed by atoms with Crippen molar-refractivity contribution in [2.24, 2.45) is 70.5 Å². The molecule has 14 atom stereocenters. The zero-order valence-electron chi connectivity index (χ0n) is 15.6. The van der Waals surface area contributed by atoms with Crippen LogP contribution in [-0.4, -0.2) is 34.8 Å². The minimum Gasteiger partial charge on any atom is -0.468 e. The molecule has 1 N–H and O–H groups in total. The summed E-state index contributed by atoms with van der Waals surface area (Å²) in [5.41, 5.74) is -1.35. The molecule has 0 saturated heterocycles. The molecule has 0 heterocycles. The van der Waals surface area contributed by atoms with Crippen LogP contribution in [0.4, 0.5) is 0 Å². The van der Waals surface area contributed by atoms with Crippen LogP contribution in [0.5, 0.6) is 0 Å². The SMILES string of the molecule is COC(=O)[C@@]12[C@@H]3[C@@H]4CCC[C@@H]4[C@@H]4[C@@H]3[C@H]3[C@@H]5[C@@H]6[C@@H](CC[C@H]6[C@]1(O)[C@@]54SC)[C@@H]32. The smallest absolute Gasteiger partial charge is 0.315 e. The van der Waals surface area contributed by atoms with Gasteiger partial charge < -0.3 is 9.84 Å². The van der Waals surface area contributed by atoms with Crippen LogP contribution in [0.25, 0.3) is 0 Å². The fourth-order valence-corrected chi connectivity index (χ4v) is 14.6. The number of methoxy groups -OCH3 is 1. The summed E-state index contributed by atoms with van der Waals surface area (Å²) in [5, 5.41) is 12.8. The van der Waals surface area contributed by atoms with Gasteiger partial charge in [-0.15, -0.1) is 0 Å². The number of carbonyl (C=O) groups is 1. The highest BCUT2D eigenvalue weighted by Gasteiger charge is 3.02. The van der Waals surface area contributed by atoms with E-state index in [1.165, 1.54) is 25.7 Å². The third kappa shape index (κ3) is 0.890. The number of hydrogen-bond donors (Lipinski definition) is 1. The molecule has 0 aromatic heterocycles. The van der Waals surface area contributed by atoms with Crippen LogP contribution in [-0.2, 0) is 9.53 Å². The van der Waals surface area contributed by atoms with E-state index in [1.807, 2.05) is 11.8 Å². The number of fused-ring (bicyclic) bond motifs is 1. The molecule has 140 valence electrons. The summed E-state index contributed by atoms with van der Waals surface area (Å²) in [5.74, 6) is 6.94. The van der Waals surface area contributed by atoms with Crippen LogP contribution in [0, 0.1) is 70.5 Å². The Kier molecular flexibility index (Phi) is 2.15. The third-order valence-electron chi connectivity index (χ3n) is 12.0. The van der Waals surface area contributed by atoms with Gasteiger partial charge in [0.05, 0.1) is 17.5 Å². The maximum absolute atomic E-state index is 13.7. The number of ether oxygens (including phenoxy) is 1. The Morgan fingerprint density at radius 3 is 2.38 bits per heavy atom. The van der Waals surface area contributed by atoms with Gasteiger partial charge in [-0.2, -0.15) is 11.8 Å². The summed E-state index contributed by atoms with van der Waals surface area (Å²) in [6.45, 7) is 0. The number of esters is 1. The molecule has 9 fully saturated rings. The third-order valence-corrected chi connectivity index (χ3v) is 13.5. The summed E-state index contributed by atoms with van der Waals surface area (Å²) >= 11 is 1.99. The fourth-order valence-electron chi connectivity index (χ4n) is 12.8. The minimum absolute atomic E-state index is 0.0115. The Hall–Kier alpha value is -0.220. The van der Waals surface area contributed by atoms with E-state index in [4.69, 9.17) is 4.74 Å². The van der Waals surface area contributed by atoms with Gasteiger partial charge in [0, 0.05) is 0 Å². The van der Waals surface area contributed by atoms with Crippen LogP contribution in [0.1, 0.15) is 32.1 Å². The fraction of sp³-hybridized carbons (Fsp3) is 0.955. The molecule has 26 heavy (non-hydrogen) atoms. The lowest BCUT2D eigenvalue weighted by Crippen LogP contribution is -2.75. The molecular formula is C22H28O3S. The Balaban J connectivity index is 1.53. The first-order chi connectivity index (χ1) is 12.6. The Bertz CT molecular complexity index is 783. The standard InChI is InChI=1S/C22H28O3S/c1-25-19(23)20-15-8-4-3-5-9(8)17-13(15)14-16(20)10-6-7-11-12(10)18(14)21(17,26-2)22(11,20)24/h8-18,24H,3-7H2,1-2H3/t8-,9+,10-,11-,12-,13-,14-,15-,16+,17-,18+,20+,21+,22-/m1/s1. The van der Waals surface area contributed by atoms with Crippen LogP contribution in [0.15, 0.2) is 0 Å². The number of aliphatic hydroxyl groups is 1. The molecule has 0 aromatic carbocycles. The molecule has 0 spiro atoms. The lowest BCUT2D eigenvalue weighted by Gasteiger charge is -2.63. The monoisotopic (exact) mass is 372 g/mol. The molecular weight excluding hydrogens is 344 g/mol. The zero-order valence-corrected chi connectivity index (χ0v) is 16.4. The average molecular weight is 373 g/mol. The van der Waals surface area contributed by atoms with E-state index in [2.05, 4.69) is 6.26 Å². The van der Waals surface area contributed by atoms with Crippen molar-refractivity contribution in [3.05, 3.63) is 0 Å². The van der Waals surface area contributed by atoms with Gasteiger partial charge in [-0.3, -0.25) is 4.79 Å². The molecule has 9 aliphatic carbocycles. The van der Waals surface area contributed by atoms with Crippen molar-refractivity contribution in [3.63, 3.8) is 0 Å². The van der Waals surface area contributed by atoms with Gasteiger partial charge in [-0.25, -0.2) is 0 Å². The summed E-state index contributed by atoms with van der Waals surface area (Å²) in [6.07, 6.45) is 8.67. The van der Waals surface area contributed by atoms with E-state index in [0.29, 0.717) is 47.3 Å². The van der Waals surface area contributed by atoms with Gasteiger partial charge in [-0.1, -0.05) is 6.42 Å². The molecule has 9 rings (SSSR count). The number of carbonyl (C=O) groups excluding carboxylic acids is 1. The molecule has 9 saturated carbocycles. The molecule has 3 nitrogen and oxygen atoms in total. The van der Waals surface area contributed by atoms with Gasteiger partial charge in [0.25, 0.3) is 0 Å². The molecule has 0 aliphatic heterocycles. The second kappa shape index (κ2) is 3.79. The van der Waals surface area contributed by atoms with Crippen LogP contribution < -0.4 is 0 Å². The zero-order chi connectivity index (χ0) is 17.4. The lowest BCUT2D eigenvalue weighted by atomic mass is 9.46. The summed E-state index contributed by atoms with van der Waals surface area (Å²) < 4.78 is 5.55. The molecule has 0 unspecified atom stereocenters. The first-order valence-corrected chi connectivity index (χ1v) is 12.2. The molecule has 0 aromatic rings. The highest BCUT2D eigenvalue weighted by Crippen LogP contribution is 2.98. The minimum atomic E-state index is -0.789. The molecule has 9 bridgehead atoms. The second-order valence-corrected chi connectivity index (χ2v) is 12.1. The molecule has 9 aliphatic rings. The van der Waals surface area contributed by atoms with Crippen LogP contribution in [0.3, 0.4) is 0 Å². The van der Waals surface area contributed by atoms with E-state index < -0.39 is 11.0 Å². The highest BCUT2D eigenvalue weighted by molar-refractivity contribution is 8.00. The van der Waals surface area contributed by atoms with Gasteiger partial charge in [-0.05, 0) is 97.0 Å². The van der Waals surface area contributed by atoms with Crippen molar-refractivity contribution >= 4 is 17.7 Å². The van der Waals surface area contributed by atoms with E-state index in [9.17, 15) is 9.90 Å². The highest BCUT2D eigenvalue weighted by atomic mass is 32.2. The first-order valence-electron chi connectivity index (χ1n) is 11.0. The van der Waals surface area contributed by atoms with Crippen LogP contribution >= 0.6 is 11.8 Å². The Morgan fingerprint density at radius 2 is 1.65 bits per heavy atom. The molecule has 0 radical (unpaired) electrons. The number of rotatable bonds is 2. The van der Waals surface area contributed by atoms with Gasteiger partial charge >= 0.3 is 5.97 Å². The second-order valence-electron chi connectivity index (χ2n) is 11.1. The average Bonchev–Trinajstić information content (AvgIpc) is 3.40. The van der Waals surface area contributed by atoms with Gasteiger partial charge in [0.2, 0.25) is 0 Å². The molecule has 4 heteroatoms. The Morgan fingerprint density at radius 1 is 0.962 bits per heavy atom. The maximum atomic E-state index is 13.7. The van der Waals surface area contributed by atoms with E-state index in [-0.39, 0.29) is 10.7 Å². The van der Waals surface area contributed by atoms with Crippen LogP contribution in [0.2, 0.25) is 0 Å². The first kappa shape index (κ1) is 14.7. The molecule has 0 amide bonds. The van der Waals surface area contributed by atoms with Gasteiger partial charge in [0.1, 0.15) is 5.41 Å². The lowest BCUT2D eigenvalue weighted by molar-refractivity contribution is -0.230. The predicted octanol–water partition coefficient (Wildman–Crippen LogP) is 2.82. The Labute approximate surface area is 159 Å². The van der Waals surface area contributed by atoms with E-state index in [0.717, 1.165) is 24.2 Å². The maximum Gasteiger partial charge on any atom is 0.315 e. The topological polar surface area (TPSA) is 46.5 Å². The van der Waals surface area contributed by atoms with E-state index >= 15 is 0 Å². The normalized spacial score (nSPS) is 74.3. The quantitative estimate of drug-likeness (QED) is 0.757. The van der Waals surface area contributed by atoms with Gasteiger partial charge in [0.15, 0.2) is 0 Å².